The van der Waals surface area contributed by atoms with Gasteiger partial charge < -0.3 is 14.7 Å². The van der Waals surface area contributed by atoms with E-state index < -0.39 is 0 Å². The van der Waals surface area contributed by atoms with Crippen molar-refractivity contribution < 1.29 is 9.32 Å². The van der Waals surface area contributed by atoms with E-state index in [0.29, 0.717) is 28.5 Å². The van der Waals surface area contributed by atoms with E-state index in [1.165, 1.54) is 6.20 Å². The fraction of sp³-hybridized carbons (Fsp3) is 0.385. The van der Waals surface area contributed by atoms with E-state index in [9.17, 15) is 4.79 Å². The van der Waals surface area contributed by atoms with Crippen LogP contribution in [0.2, 0.25) is 0 Å². The molecule has 4 heterocycles. The van der Waals surface area contributed by atoms with Crippen molar-refractivity contribution >= 4 is 11.7 Å². The number of anilines is 1. The van der Waals surface area contributed by atoms with E-state index in [4.69, 9.17) is 4.52 Å². The highest BCUT2D eigenvalue weighted by molar-refractivity contribution is 6.03. The first-order chi connectivity index (χ1) is 17.1. The van der Waals surface area contributed by atoms with Gasteiger partial charge in [-0.05, 0) is 58.1 Å². The smallest absolute Gasteiger partial charge is 0.258 e. The van der Waals surface area contributed by atoms with Gasteiger partial charge in [-0.1, -0.05) is 31.1 Å². The lowest BCUT2D eigenvalue weighted by Gasteiger charge is -2.12. The Morgan fingerprint density at radius 1 is 1.14 bits per heavy atom. The zero-order valence-electron chi connectivity index (χ0n) is 21.6. The first-order valence-electron chi connectivity index (χ1n) is 11.9. The summed E-state index contributed by atoms with van der Waals surface area (Å²) in [6.07, 6.45) is 9.01. The molecule has 0 spiro atoms. The lowest BCUT2D eigenvalue weighted by molar-refractivity contribution is 0.102. The van der Waals surface area contributed by atoms with Crippen molar-refractivity contribution in [2.75, 3.05) is 26.0 Å². The largest absolute Gasteiger partial charge is 0.359 e. The minimum Gasteiger partial charge on any atom is -0.359 e. The van der Waals surface area contributed by atoms with Crippen molar-refractivity contribution in [1.82, 2.24) is 35.0 Å². The van der Waals surface area contributed by atoms with Crippen LogP contribution < -0.4 is 5.32 Å². The third kappa shape index (κ3) is 6.01. The molecule has 0 radical (unpaired) electrons. The molecule has 10 nitrogen and oxygen atoms in total. The number of pyridine rings is 2. The molecule has 4 rings (SSSR count). The van der Waals surface area contributed by atoms with Gasteiger partial charge in [-0.2, -0.15) is 0 Å². The third-order valence-corrected chi connectivity index (χ3v) is 5.71. The topological polar surface area (TPSA) is 115 Å². The quantitative estimate of drug-likeness (QED) is 0.395. The summed E-state index contributed by atoms with van der Waals surface area (Å²) < 4.78 is 6.98. The minimum absolute atomic E-state index is 0.208. The van der Waals surface area contributed by atoms with Crippen LogP contribution in [0.3, 0.4) is 0 Å². The molecule has 0 saturated carbocycles. The maximum Gasteiger partial charge on any atom is 0.258 e. The van der Waals surface area contributed by atoms with Gasteiger partial charge in [0.2, 0.25) is 0 Å². The fourth-order valence-electron chi connectivity index (χ4n) is 3.63. The van der Waals surface area contributed by atoms with Crippen molar-refractivity contribution in [2.45, 2.75) is 46.0 Å². The maximum absolute atomic E-state index is 12.9. The molecule has 188 valence electrons. The summed E-state index contributed by atoms with van der Waals surface area (Å²) in [5.74, 6) is 0.701. The van der Waals surface area contributed by atoms with Gasteiger partial charge in [-0.25, -0.2) is 4.68 Å². The standard InChI is InChI=1S/C26H32N8O2/c1-17-22(11-20(15-28-17)25(35)29-24-12-23(36-31-24)26(2,3)4)34-16-21(30-32-34)19-10-18(13-27-14-19)8-7-9-33(5)6/h10-16H,7-9H2,1-6H3,(H,29,31,35). The van der Waals surface area contributed by atoms with Crippen molar-refractivity contribution in [3.63, 3.8) is 0 Å². The summed E-state index contributed by atoms with van der Waals surface area (Å²) in [6.45, 7) is 8.92. The van der Waals surface area contributed by atoms with Crippen molar-refractivity contribution in [3.8, 4) is 16.9 Å². The van der Waals surface area contributed by atoms with Crippen LogP contribution in [0.5, 0.6) is 0 Å². The maximum atomic E-state index is 12.9. The van der Waals surface area contributed by atoms with Crippen LogP contribution in [0.15, 0.2) is 47.5 Å². The highest BCUT2D eigenvalue weighted by atomic mass is 16.5. The van der Waals surface area contributed by atoms with E-state index in [1.807, 2.05) is 40.1 Å². The highest BCUT2D eigenvalue weighted by Gasteiger charge is 2.21. The Balaban J connectivity index is 1.52. The fourth-order valence-corrected chi connectivity index (χ4v) is 3.63. The van der Waals surface area contributed by atoms with Crippen LogP contribution in [0.25, 0.3) is 16.9 Å². The predicted molar refractivity (Wildman–Crippen MR) is 137 cm³/mol. The molecule has 0 aliphatic heterocycles. The van der Waals surface area contributed by atoms with Crippen molar-refractivity contribution in [1.29, 1.82) is 0 Å². The third-order valence-electron chi connectivity index (χ3n) is 5.71. The average Bonchev–Trinajstić information content (AvgIpc) is 3.49. The molecule has 1 N–H and O–H groups in total. The van der Waals surface area contributed by atoms with Crippen LogP contribution in [-0.4, -0.2) is 61.6 Å². The van der Waals surface area contributed by atoms with E-state index in [-0.39, 0.29) is 11.3 Å². The van der Waals surface area contributed by atoms with Gasteiger partial charge in [0.25, 0.3) is 5.91 Å². The molecule has 10 heteroatoms. The number of aromatic nitrogens is 6. The van der Waals surface area contributed by atoms with Crippen LogP contribution in [0, 0.1) is 6.92 Å². The molecule has 0 bridgehead atoms. The Morgan fingerprint density at radius 3 is 2.67 bits per heavy atom. The Hall–Kier alpha value is -3.92. The molecule has 0 aliphatic carbocycles. The SMILES string of the molecule is Cc1ncc(C(=O)Nc2cc(C(C)(C)C)on2)cc1-n1cc(-c2cncc(CCCN(C)C)c2)nn1. The van der Waals surface area contributed by atoms with Crippen molar-refractivity contribution in [2.24, 2.45) is 0 Å². The predicted octanol–water partition coefficient (Wildman–Crippen LogP) is 4.06. The number of carbonyl (C=O) groups is 1. The van der Waals surface area contributed by atoms with Gasteiger partial charge in [-0.3, -0.25) is 14.8 Å². The Morgan fingerprint density at radius 2 is 1.94 bits per heavy atom. The van der Waals surface area contributed by atoms with Gasteiger partial charge >= 0.3 is 0 Å². The average molecular weight is 489 g/mol. The Bertz CT molecular complexity index is 1350. The van der Waals surface area contributed by atoms with Gasteiger partial charge in [0.05, 0.1) is 23.1 Å². The van der Waals surface area contributed by atoms with Crippen LogP contribution in [-0.2, 0) is 11.8 Å². The monoisotopic (exact) mass is 488 g/mol. The molecule has 1 amide bonds. The normalized spacial score (nSPS) is 11.8. The number of hydrogen-bond acceptors (Lipinski definition) is 8. The number of hydrogen-bond donors (Lipinski definition) is 1. The molecule has 0 atom stereocenters. The second kappa shape index (κ2) is 10.4. The summed E-state index contributed by atoms with van der Waals surface area (Å²) in [6, 6.07) is 5.55. The Labute approximate surface area is 210 Å². The highest BCUT2D eigenvalue weighted by Crippen LogP contribution is 2.25. The molecule has 0 aliphatic rings. The lowest BCUT2D eigenvalue weighted by Crippen LogP contribution is -2.14. The van der Waals surface area contributed by atoms with E-state index in [1.54, 1.807) is 23.0 Å². The van der Waals surface area contributed by atoms with Crippen LogP contribution in [0.4, 0.5) is 5.82 Å². The number of nitrogens with one attached hydrogen (secondary N) is 1. The van der Waals surface area contributed by atoms with Gasteiger partial charge in [0.1, 0.15) is 11.5 Å². The van der Waals surface area contributed by atoms with Crippen LogP contribution in [0.1, 0.15) is 54.6 Å². The van der Waals surface area contributed by atoms with Crippen molar-refractivity contribution in [3.05, 3.63) is 65.6 Å². The van der Waals surface area contributed by atoms with Crippen LogP contribution >= 0.6 is 0 Å². The number of nitrogens with zero attached hydrogens (tertiary/aromatic N) is 7. The lowest BCUT2D eigenvalue weighted by atomic mass is 9.93. The molecule has 0 fully saturated rings. The Kier molecular flexibility index (Phi) is 7.25. The molecule has 0 unspecified atom stereocenters. The number of amides is 1. The molecular weight excluding hydrogens is 456 g/mol. The number of carbonyl (C=O) groups excluding carboxylic acids is 1. The second-order valence-corrected chi connectivity index (χ2v) is 10.1. The van der Waals surface area contributed by atoms with Gasteiger partial charge in [0, 0.05) is 35.6 Å². The summed E-state index contributed by atoms with van der Waals surface area (Å²) >= 11 is 0. The number of rotatable bonds is 8. The first-order valence-corrected chi connectivity index (χ1v) is 11.9. The summed E-state index contributed by atoms with van der Waals surface area (Å²) in [5, 5.41) is 15.3. The minimum atomic E-state index is -0.340. The second-order valence-electron chi connectivity index (χ2n) is 10.1. The molecule has 36 heavy (non-hydrogen) atoms. The van der Waals surface area contributed by atoms with Gasteiger partial charge in [-0.15, -0.1) is 5.10 Å². The first kappa shape index (κ1) is 25.2. The van der Waals surface area contributed by atoms with E-state index >= 15 is 0 Å². The number of aryl methyl sites for hydroxylation is 2. The molecule has 4 aromatic rings. The summed E-state index contributed by atoms with van der Waals surface area (Å²) in [7, 11) is 4.14. The van der Waals surface area contributed by atoms with E-state index in [2.05, 4.69) is 55.8 Å². The molecule has 4 aromatic heterocycles. The molecule has 0 saturated heterocycles. The summed E-state index contributed by atoms with van der Waals surface area (Å²) in [5.41, 5.74) is 4.29. The van der Waals surface area contributed by atoms with Gasteiger partial charge in [0.15, 0.2) is 5.82 Å². The van der Waals surface area contributed by atoms with E-state index in [0.717, 1.165) is 36.2 Å². The molecular formula is C26H32N8O2. The summed E-state index contributed by atoms with van der Waals surface area (Å²) in [4.78, 5) is 23.8. The zero-order valence-corrected chi connectivity index (χ0v) is 21.6. The zero-order chi connectivity index (χ0) is 25.9. The molecule has 0 aromatic carbocycles.